The molecular weight excluding hydrogens is 255 g/mol. The number of pyridine rings is 1. The van der Waals surface area contributed by atoms with Crippen molar-refractivity contribution in [2.24, 2.45) is 0 Å². The molecule has 90 valence electrons. The number of aromatic nitrogens is 1. The van der Waals surface area contributed by atoms with Gasteiger partial charge in [-0.3, -0.25) is 4.98 Å². The Balaban J connectivity index is 0.00000256. The van der Waals surface area contributed by atoms with E-state index in [1.54, 1.807) is 13.0 Å². The van der Waals surface area contributed by atoms with Crippen LogP contribution in [0.15, 0.2) is 18.2 Å². The van der Waals surface area contributed by atoms with Gasteiger partial charge in [-0.25, -0.2) is 0 Å². The fourth-order valence-corrected chi connectivity index (χ4v) is 1.51. The second-order valence-corrected chi connectivity index (χ2v) is 3.81. The van der Waals surface area contributed by atoms with Crippen LogP contribution in [0.5, 0.6) is 0 Å². The summed E-state index contributed by atoms with van der Waals surface area (Å²) in [4.78, 5) is 5.54. The summed E-state index contributed by atoms with van der Waals surface area (Å²) in [7, 11) is 0. The van der Waals surface area contributed by atoms with Crippen molar-refractivity contribution < 1.29 is 64.3 Å². The number of halogens is 3. The van der Waals surface area contributed by atoms with Crippen molar-refractivity contribution in [3.63, 3.8) is 0 Å². The molecule has 0 radical (unpaired) electrons. The normalized spacial score (nSPS) is 11.4. The second kappa shape index (κ2) is 7.91. The predicted octanol–water partition coefficient (Wildman–Crippen LogP) is -0.397. The summed E-state index contributed by atoms with van der Waals surface area (Å²) in [5.74, 6) is 0. The van der Waals surface area contributed by atoms with Gasteiger partial charge in [0.1, 0.15) is 0 Å². The zero-order chi connectivity index (χ0) is 12.2. The van der Waals surface area contributed by atoms with Gasteiger partial charge >= 0.3 is 58.4 Å². The molecule has 0 aromatic carbocycles. The van der Waals surface area contributed by atoms with Crippen LogP contribution in [0.3, 0.4) is 0 Å². The summed E-state index contributed by atoms with van der Waals surface area (Å²) in [6.45, 7) is -0.596. The summed E-state index contributed by atoms with van der Waals surface area (Å²) >= 11 is 0. The molecule has 1 aromatic rings. The molecule has 7 heteroatoms. The minimum atomic E-state index is -4.76. The van der Waals surface area contributed by atoms with E-state index in [0.717, 1.165) is 5.69 Å². The van der Waals surface area contributed by atoms with E-state index < -0.39 is 13.4 Å². The summed E-state index contributed by atoms with van der Waals surface area (Å²) in [5, 5.41) is 0. The summed E-state index contributed by atoms with van der Waals surface area (Å²) < 4.78 is 36.8. The van der Waals surface area contributed by atoms with Crippen molar-refractivity contribution in [3.8, 4) is 0 Å². The van der Waals surface area contributed by atoms with Gasteiger partial charge in [-0.05, 0) is 32.0 Å². The molecule has 0 aliphatic heterocycles. The molecular formula is C10H15BF3KN2. The molecule has 17 heavy (non-hydrogen) atoms. The first kappa shape index (κ1) is 17.6. The molecule has 0 aliphatic rings. The van der Waals surface area contributed by atoms with E-state index in [0.29, 0.717) is 12.2 Å². The SMILES string of the molecule is CCN(Cc1cccc(C)n1)C[B-](F)(F)F.[K+]. The molecule has 0 atom stereocenters. The van der Waals surface area contributed by atoms with Crippen molar-refractivity contribution in [2.45, 2.75) is 20.4 Å². The van der Waals surface area contributed by atoms with Crippen molar-refractivity contribution in [2.75, 3.05) is 13.0 Å². The van der Waals surface area contributed by atoms with Gasteiger partial charge in [-0.2, -0.15) is 0 Å². The Labute approximate surface area is 142 Å². The molecule has 0 N–H and O–H groups in total. The van der Waals surface area contributed by atoms with Gasteiger partial charge in [0.05, 0.1) is 5.69 Å². The van der Waals surface area contributed by atoms with E-state index in [1.165, 1.54) is 4.90 Å². The molecule has 0 bridgehead atoms. The third-order valence-electron chi connectivity index (χ3n) is 2.24. The number of nitrogens with zero attached hydrogens (tertiary/aromatic N) is 2. The monoisotopic (exact) mass is 270 g/mol. The van der Waals surface area contributed by atoms with E-state index in [2.05, 4.69) is 4.98 Å². The maximum atomic E-state index is 12.3. The maximum absolute atomic E-state index is 12.3. The molecule has 1 rings (SSSR count). The molecule has 0 unspecified atom stereocenters. The fraction of sp³-hybridized carbons (Fsp3) is 0.500. The molecule has 0 spiro atoms. The molecule has 0 fully saturated rings. The molecule has 0 saturated heterocycles. The van der Waals surface area contributed by atoms with E-state index >= 15 is 0 Å². The quantitative estimate of drug-likeness (QED) is 0.677. The summed E-state index contributed by atoms with van der Waals surface area (Å²) in [5.41, 5.74) is 1.51. The Morgan fingerprint density at radius 2 is 1.94 bits per heavy atom. The largest absolute Gasteiger partial charge is 1.00 e. The van der Waals surface area contributed by atoms with E-state index in [-0.39, 0.29) is 57.9 Å². The molecule has 1 heterocycles. The Kier molecular flexibility index (Phi) is 8.19. The summed E-state index contributed by atoms with van der Waals surface area (Å²) in [6, 6.07) is 5.39. The van der Waals surface area contributed by atoms with Gasteiger partial charge < -0.3 is 17.8 Å². The number of hydrogen-bond donors (Lipinski definition) is 0. The first-order chi connectivity index (χ1) is 7.40. The molecule has 0 saturated carbocycles. The molecule has 1 aromatic heterocycles. The first-order valence-electron chi connectivity index (χ1n) is 5.26. The predicted molar refractivity (Wildman–Crippen MR) is 59.0 cm³/mol. The van der Waals surface area contributed by atoms with Crippen molar-refractivity contribution >= 4 is 6.98 Å². The van der Waals surface area contributed by atoms with Crippen LogP contribution in [-0.2, 0) is 6.54 Å². The zero-order valence-electron chi connectivity index (χ0n) is 10.5. The molecule has 0 aliphatic carbocycles. The third kappa shape index (κ3) is 7.59. The Bertz CT molecular complexity index is 347. The van der Waals surface area contributed by atoms with Crippen molar-refractivity contribution in [1.29, 1.82) is 0 Å². The van der Waals surface area contributed by atoms with Gasteiger partial charge in [0.15, 0.2) is 0 Å². The van der Waals surface area contributed by atoms with E-state index in [1.807, 2.05) is 19.1 Å². The van der Waals surface area contributed by atoms with Crippen LogP contribution in [-0.4, -0.2) is 29.9 Å². The van der Waals surface area contributed by atoms with Gasteiger partial charge in [0, 0.05) is 12.2 Å². The third-order valence-corrected chi connectivity index (χ3v) is 2.24. The minimum Gasteiger partial charge on any atom is -0.448 e. The van der Waals surface area contributed by atoms with Crippen molar-refractivity contribution in [3.05, 3.63) is 29.6 Å². The number of rotatable bonds is 5. The van der Waals surface area contributed by atoms with Gasteiger partial charge in [-0.1, -0.05) is 13.0 Å². The van der Waals surface area contributed by atoms with Gasteiger partial charge in [0.25, 0.3) is 0 Å². The topological polar surface area (TPSA) is 16.1 Å². The maximum Gasteiger partial charge on any atom is 1.00 e. The van der Waals surface area contributed by atoms with Crippen LogP contribution < -0.4 is 51.4 Å². The fourth-order valence-electron chi connectivity index (χ4n) is 1.51. The van der Waals surface area contributed by atoms with Gasteiger partial charge in [-0.15, -0.1) is 0 Å². The second-order valence-electron chi connectivity index (χ2n) is 3.81. The zero-order valence-corrected chi connectivity index (χ0v) is 13.6. The Morgan fingerprint density at radius 1 is 1.29 bits per heavy atom. The minimum absolute atomic E-state index is 0. The Morgan fingerprint density at radius 3 is 2.41 bits per heavy atom. The van der Waals surface area contributed by atoms with Crippen LogP contribution in [0, 0.1) is 6.92 Å². The number of aryl methyl sites for hydroxylation is 1. The average molecular weight is 270 g/mol. The Hall–Kier alpha value is 0.601. The van der Waals surface area contributed by atoms with Crippen LogP contribution in [0.1, 0.15) is 18.3 Å². The average Bonchev–Trinajstić information content (AvgIpc) is 2.14. The van der Waals surface area contributed by atoms with Crippen LogP contribution in [0.25, 0.3) is 0 Å². The molecule has 2 nitrogen and oxygen atoms in total. The van der Waals surface area contributed by atoms with Crippen LogP contribution in [0.2, 0.25) is 0 Å². The van der Waals surface area contributed by atoms with Crippen LogP contribution >= 0.6 is 0 Å². The van der Waals surface area contributed by atoms with Gasteiger partial charge in [0.2, 0.25) is 0 Å². The number of hydrogen-bond acceptors (Lipinski definition) is 2. The molecule has 0 amide bonds. The van der Waals surface area contributed by atoms with E-state index in [4.69, 9.17) is 0 Å². The standard InChI is InChI=1S/C10H15BF3N2.K/c1-3-16(8-11(12,13)14)7-10-6-4-5-9(2)15-10;/h4-6H,3,7-8H2,1-2H3;/q-1;+1. The van der Waals surface area contributed by atoms with Crippen molar-refractivity contribution in [1.82, 2.24) is 9.88 Å². The smallest absolute Gasteiger partial charge is 0.448 e. The van der Waals surface area contributed by atoms with E-state index in [9.17, 15) is 12.9 Å². The summed E-state index contributed by atoms with van der Waals surface area (Å²) in [6.07, 6.45) is -0.827. The van der Waals surface area contributed by atoms with Crippen LogP contribution in [0.4, 0.5) is 12.9 Å². The first-order valence-corrected chi connectivity index (χ1v) is 5.26.